The molecule has 0 amide bonds. The molecule has 0 aromatic heterocycles. The Balaban J connectivity index is 2.37. The van der Waals surface area contributed by atoms with Crippen LogP contribution in [0.5, 0.6) is 0 Å². The van der Waals surface area contributed by atoms with E-state index in [1.54, 1.807) is 24.3 Å². The molecular weight excluding hydrogens is 264 g/mol. The number of hydrogen-bond acceptors (Lipinski definition) is 2. The lowest BCUT2D eigenvalue weighted by molar-refractivity contribution is -0.146. The van der Waals surface area contributed by atoms with Crippen molar-refractivity contribution < 1.29 is 15.0 Å². The van der Waals surface area contributed by atoms with Gasteiger partial charge in [0, 0.05) is 6.42 Å². The molecule has 0 saturated heterocycles. The summed E-state index contributed by atoms with van der Waals surface area (Å²) in [6.45, 7) is 1.82. The molecule has 2 N–H and O–H groups in total. The molecule has 0 fully saturated rings. The maximum Gasteiger partial charge on any atom is 0.313 e. The second kappa shape index (κ2) is 6.55. The number of rotatable bonds is 6. The Morgan fingerprint density at radius 2 is 1.57 bits per heavy atom. The zero-order valence-corrected chi connectivity index (χ0v) is 12.1. The highest BCUT2D eigenvalue weighted by Gasteiger charge is 2.41. The maximum absolute atomic E-state index is 11.7. The zero-order valence-electron chi connectivity index (χ0n) is 12.1. The van der Waals surface area contributed by atoms with Crippen LogP contribution in [0.3, 0.4) is 0 Å². The van der Waals surface area contributed by atoms with Crippen molar-refractivity contribution in [3.8, 4) is 0 Å². The molecule has 0 unspecified atom stereocenters. The van der Waals surface area contributed by atoms with Crippen molar-refractivity contribution in [2.75, 3.05) is 0 Å². The fraction of sp³-hybridized carbons (Fsp3) is 0.278. The van der Waals surface area contributed by atoms with E-state index in [2.05, 4.69) is 0 Å². The van der Waals surface area contributed by atoms with Crippen LogP contribution in [0.1, 0.15) is 30.4 Å². The lowest BCUT2D eigenvalue weighted by atomic mass is 9.76. The molecule has 0 radical (unpaired) electrons. The average Bonchev–Trinajstić information content (AvgIpc) is 2.49. The van der Waals surface area contributed by atoms with E-state index < -0.39 is 17.5 Å². The highest BCUT2D eigenvalue weighted by atomic mass is 16.4. The van der Waals surface area contributed by atoms with E-state index in [-0.39, 0.29) is 0 Å². The number of carboxylic acids is 1. The summed E-state index contributed by atoms with van der Waals surface area (Å²) in [5, 5.41) is 20.6. The third-order valence-electron chi connectivity index (χ3n) is 3.88. The third kappa shape index (κ3) is 3.50. The Morgan fingerprint density at radius 1 is 1.05 bits per heavy atom. The maximum atomic E-state index is 11.7. The first kappa shape index (κ1) is 15.3. The van der Waals surface area contributed by atoms with Crippen LogP contribution >= 0.6 is 0 Å². The summed E-state index contributed by atoms with van der Waals surface area (Å²) < 4.78 is 0. The fourth-order valence-corrected chi connectivity index (χ4v) is 2.71. The summed E-state index contributed by atoms with van der Waals surface area (Å²) in [4.78, 5) is 11.7. The molecule has 2 atom stereocenters. The molecule has 2 aromatic rings. The molecule has 0 bridgehead atoms. The largest absolute Gasteiger partial charge is 0.481 e. The molecule has 3 nitrogen and oxygen atoms in total. The highest BCUT2D eigenvalue weighted by Crippen LogP contribution is 2.34. The van der Waals surface area contributed by atoms with E-state index >= 15 is 0 Å². The Bertz CT molecular complexity index is 580. The van der Waals surface area contributed by atoms with Crippen molar-refractivity contribution in [2.24, 2.45) is 0 Å². The predicted molar refractivity (Wildman–Crippen MR) is 82.2 cm³/mol. The summed E-state index contributed by atoms with van der Waals surface area (Å²) in [7, 11) is 0. The number of benzene rings is 2. The zero-order chi connectivity index (χ0) is 15.3. The van der Waals surface area contributed by atoms with E-state index in [9.17, 15) is 15.0 Å². The van der Waals surface area contributed by atoms with Crippen LogP contribution < -0.4 is 0 Å². The predicted octanol–water partition coefficient (Wildman–Crippen LogP) is 3.24. The first-order valence-electron chi connectivity index (χ1n) is 7.11. The number of aliphatic hydroxyl groups is 1. The summed E-state index contributed by atoms with van der Waals surface area (Å²) >= 11 is 0. The van der Waals surface area contributed by atoms with Crippen LogP contribution in [-0.4, -0.2) is 21.8 Å². The van der Waals surface area contributed by atoms with Crippen LogP contribution in [0, 0.1) is 0 Å². The van der Waals surface area contributed by atoms with E-state index in [1.807, 2.05) is 43.3 Å². The third-order valence-corrected chi connectivity index (χ3v) is 3.88. The summed E-state index contributed by atoms with van der Waals surface area (Å²) in [6.07, 6.45) is 0.684. The minimum atomic E-state index is -1.31. The van der Waals surface area contributed by atoms with Gasteiger partial charge >= 0.3 is 5.97 Å². The molecule has 2 rings (SSSR count). The van der Waals surface area contributed by atoms with E-state index in [1.165, 1.54) is 0 Å². The monoisotopic (exact) mass is 284 g/mol. The van der Waals surface area contributed by atoms with Gasteiger partial charge in [0.15, 0.2) is 0 Å². The van der Waals surface area contributed by atoms with Crippen LogP contribution in [0.25, 0.3) is 0 Å². The summed E-state index contributed by atoms with van der Waals surface area (Å²) in [6, 6.07) is 18.4. The Morgan fingerprint density at radius 3 is 2.05 bits per heavy atom. The summed E-state index contributed by atoms with van der Waals surface area (Å²) in [5.74, 6) is -1.94. The molecule has 3 heteroatoms. The molecule has 0 aliphatic heterocycles. The Labute approximate surface area is 124 Å². The minimum Gasteiger partial charge on any atom is -0.481 e. The van der Waals surface area contributed by atoms with E-state index in [4.69, 9.17) is 0 Å². The lowest BCUT2D eigenvalue weighted by Gasteiger charge is -2.33. The van der Waals surface area contributed by atoms with Gasteiger partial charge in [-0.15, -0.1) is 0 Å². The summed E-state index contributed by atoms with van der Waals surface area (Å²) in [5.41, 5.74) is 0.253. The number of hydrogen-bond donors (Lipinski definition) is 2. The van der Waals surface area contributed by atoms with Gasteiger partial charge in [0.05, 0.1) is 5.60 Å². The van der Waals surface area contributed by atoms with Gasteiger partial charge in [0.2, 0.25) is 0 Å². The molecule has 0 saturated carbocycles. The van der Waals surface area contributed by atoms with Crippen molar-refractivity contribution in [1.29, 1.82) is 0 Å². The molecule has 21 heavy (non-hydrogen) atoms. The van der Waals surface area contributed by atoms with E-state index in [0.29, 0.717) is 18.4 Å². The number of carboxylic acid groups (broad SMARTS) is 1. The molecular formula is C18H20O3. The molecule has 0 aliphatic rings. The van der Waals surface area contributed by atoms with E-state index in [0.717, 1.165) is 5.56 Å². The van der Waals surface area contributed by atoms with Crippen LogP contribution in [0.2, 0.25) is 0 Å². The van der Waals surface area contributed by atoms with Gasteiger partial charge in [0.1, 0.15) is 5.92 Å². The van der Waals surface area contributed by atoms with Crippen LogP contribution in [-0.2, 0) is 11.2 Å². The minimum absolute atomic E-state index is 0.316. The quantitative estimate of drug-likeness (QED) is 0.856. The fourth-order valence-electron chi connectivity index (χ4n) is 2.71. The smallest absolute Gasteiger partial charge is 0.313 e. The number of carbonyl (C=O) groups is 1. The van der Waals surface area contributed by atoms with Crippen molar-refractivity contribution in [3.63, 3.8) is 0 Å². The van der Waals surface area contributed by atoms with Crippen molar-refractivity contribution >= 4 is 5.97 Å². The topological polar surface area (TPSA) is 57.5 Å². The molecule has 0 aliphatic carbocycles. The van der Waals surface area contributed by atoms with Crippen LogP contribution in [0.4, 0.5) is 0 Å². The Kier molecular flexibility index (Phi) is 4.76. The lowest BCUT2D eigenvalue weighted by Crippen LogP contribution is -2.42. The normalized spacial score (nSPS) is 15.1. The van der Waals surface area contributed by atoms with Gasteiger partial charge in [-0.3, -0.25) is 4.79 Å². The van der Waals surface area contributed by atoms with Crippen molar-refractivity contribution in [3.05, 3.63) is 71.8 Å². The van der Waals surface area contributed by atoms with Crippen molar-refractivity contribution in [2.45, 2.75) is 31.3 Å². The van der Waals surface area contributed by atoms with Gasteiger partial charge in [-0.1, -0.05) is 67.6 Å². The first-order valence-corrected chi connectivity index (χ1v) is 7.11. The number of aliphatic carboxylic acids is 1. The SMILES string of the molecule is CC[C@@](O)(Cc1ccccc1)[C@H](C(=O)O)c1ccccc1. The Hall–Kier alpha value is -2.13. The highest BCUT2D eigenvalue weighted by molar-refractivity contribution is 5.78. The molecule has 2 aromatic carbocycles. The molecule has 0 spiro atoms. The van der Waals surface area contributed by atoms with Gasteiger partial charge in [-0.2, -0.15) is 0 Å². The average molecular weight is 284 g/mol. The van der Waals surface area contributed by atoms with Gasteiger partial charge < -0.3 is 10.2 Å². The standard InChI is InChI=1S/C18H20O3/c1-2-18(21,13-14-9-5-3-6-10-14)16(17(19)20)15-11-7-4-8-12-15/h3-12,16,21H,2,13H2,1H3,(H,19,20)/t16-,18+/m0/s1. The first-order chi connectivity index (χ1) is 10.1. The van der Waals surface area contributed by atoms with Gasteiger partial charge in [0.25, 0.3) is 0 Å². The van der Waals surface area contributed by atoms with Crippen LogP contribution in [0.15, 0.2) is 60.7 Å². The second-order valence-electron chi connectivity index (χ2n) is 5.30. The second-order valence-corrected chi connectivity index (χ2v) is 5.30. The van der Waals surface area contributed by atoms with Crippen molar-refractivity contribution in [1.82, 2.24) is 0 Å². The molecule has 0 heterocycles. The molecule has 110 valence electrons. The van der Waals surface area contributed by atoms with Gasteiger partial charge in [-0.05, 0) is 17.5 Å². The van der Waals surface area contributed by atoms with Gasteiger partial charge in [-0.25, -0.2) is 0 Å².